The highest BCUT2D eigenvalue weighted by molar-refractivity contribution is 6.74. The summed E-state index contributed by atoms with van der Waals surface area (Å²) in [7, 11) is -1.73. The second-order valence-electron chi connectivity index (χ2n) is 9.25. The van der Waals surface area contributed by atoms with Crippen molar-refractivity contribution in [3.63, 3.8) is 0 Å². The summed E-state index contributed by atoms with van der Waals surface area (Å²) in [5, 5.41) is 0.223. The molecule has 0 unspecified atom stereocenters. The fourth-order valence-electron chi connectivity index (χ4n) is 3.04. The summed E-state index contributed by atoms with van der Waals surface area (Å²) in [6.07, 6.45) is 0.921. The Bertz CT molecular complexity index is 607. The van der Waals surface area contributed by atoms with Gasteiger partial charge in [0.2, 0.25) is 0 Å². The molecule has 0 aliphatic rings. The Kier molecular flexibility index (Phi) is 6.27. The Morgan fingerprint density at radius 1 is 1.04 bits per heavy atom. The highest BCUT2D eigenvalue weighted by Crippen LogP contribution is 2.38. The number of aryl methyl sites for hydroxylation is 2. The van der Waals surface area contributed by atoms with E-state index in [0.717, 1.165) is 24.2 Å². The lowest BCUT2D eigenvalue weighted by atomic mass is 9.75. The Hall–Kier alpha value is -0.933. The predicted molar refractivity (Wildman–Crippen MR) is 107 cm³/mol. The lowest BCUT2D eigenvalue weighted by molar-refractivity contribution is 0.101. The van der Waals surface area contributed by atoms with Crippen molar-refractivity contribution in [3.05, 3.63) is 34.4 Å². The van der Waals surface area contributed by atoms with Crippen LogP contribution in [0.15, 0.2) is 12.1 Å². The van der Waals surface area contributed by atoms with Gasteiger partial charge in [0.15, 0.2) is 14.1 Å². The fourth-order valence-corrected chi connectivity index (χ4v) is 4.09. The molecule has 0 saturated carbocycles. The molecule has 0 atom stereocenters. The number of hydrogen-bond donors (Lipinski definition) is 0. The van der Waals surface area contributed by atoms with Gasteiger partial charge >= 0.3 is 0 Å². The van der Waals surface area contributed by atoms with E-state index in [4.69, 9.17) is 4.43 Å². The molecule has 0 bridgehead atoms. The largest absolute Gasteiger partial charge is 0.417 e. The topological polar surface area (TPSA) is 26.3 Å². The van der Waals surface area contributed by atoms with E-state index in [0.29, 0.717) is 0 Å². The van der Waals surface area contributed by atoms with E-state index in [-0.39, 0.29) is 16.2 Å². The second kappa shape index (κ2) is 7.13. The van der Waals surface area contributed by atoms with E-state index in [2.05, 4.69) is 66.8 Å². The molecule has 136 valence electrons. The van der Waals surface area contributed by atoms with Crippen LogP contribution >= 0.6 is 0 Å². The molecule has 0 fully saturated rings. The number of hydrogen-bond acceptors (Lipinski definition) is 2. The van der Waals surface area contributed by atoms with Gasteiger partial charge in [-0.3, -0.25) is 4.79 Å². The van der Waals surface area contributed by atoms with Gasteiger partial charge in [-0.25, -0.2) is 0 Å². The van der Waals surface area contributed by atoms with Gasteiger partial charge in [-0.05, 0) is 67.4 Å². The molecule has 0 aromatic heterocycles. The van der Waals surface area contributed by atoms with Crippen LogP contribution in [0.1, 0.15) is 75.0 Å². The van der Waals surface area contributed by atoms with Crippen LogP contribution in [0.5, 0.6) is 0 Å². The first-order valence-corrected chi connectivity index (χ1v) is 11.9. The van der Waals surface area contributed by atoms with E-state index in [1.54, 1.807) is 6.92 Å². The van der Waals surface area contributed by atoms with Crippen LogP contribution in [-0.2, 0) is 9.84 Å². The molecule has 0 aliphatic carbocycles. The SMILES string of the molecule is CC(=O)c1c(C)ccc(C)c1C(C)(C)CCO[Si](C)(C)C(C)(C)C. The summed E-state index contributed by atoms with van der Waals surface area (Å²) >= 11 is 0. The van der Waals surface area contributed by atoms with Crippen LogP contribution in [0.25, 0.3) is 0 Å². The Morgan fingerprint density at radius 2 is 1.54 bits per heavy atom. The predicted octanol–water partition coefficient (Wildman–Crippen LogP) is 6.20. The molecule has 24 heavy (non-hydrogen) atoms. The molecule has 1 aromatic rings. The van der Waals surface area contributed by atoms with E-state index >= 15 is 0 Å². The zero-order chi connectivity index (χ0) is 18.9. The molecule has 0 heterocycles. The standard InChI is InChI=1S/C21H36O2Si/c1-15-11-12-16(2)19(18(15)17(3)22)21(7,8)13-14-23-24(9,10)20(4,5)6/h11-12H,13-14H2,1-10H3. The van der Waals surface area contributed by atoms with Crippen molar-refractivity contribution in [2.75, 3.05) is 6.61 Å². The lowest BCUT2D eigenvalue weighted by Gasteiger charge is -2.38. The number of ketones is 1. The highest BCUT2D eigenvalue weighted by atomic mass is 28.4. The summed E-state index contributed by atoms with van der Waals surface area (Å²) in [6.45, 7) is 22.4. The average Bonchev–Trinajstić information content (AvgIpc) is 2.38. The Labute approximate surface area is 150 Å². The molecule has 0 amide bonds. The quantitative estimate of drug-likeness (QED) is 0.452. The minimum absolute atomic E-state index is 0.0839. The van der Waals surface area contributed by atoms with Crippen molar-refractivity contribution >= 4 is 14.1 Å². The van der Waals surface area contributed by atoms with Crippen molar-refractivity contribution in [2.24, 2.45) is 0 Å². The number of carbonyl (C=O) groups excluding carboxylic acids is 1. The summed E-state index contributed by atoms with van der Waals surface area (Å²) in [5.41, 5.74) is 4.27. The molecule has 0 saturated heterocycles. The molecule has 0 spiro atoms. The number of Topliss-reactive ketones (excluding diaryl/α,β-unsaturated/α-hetero) is 1. The van der Waals surface area contributed by atoms with Gasteiger partial charge in [-0.15, -0.1) is 0 Å². The maximum atomic E-state index is 12.2. The maximum Gasteiger partial charge on any atom is 0.191 e. The zero-order valence-electron chi connectivity index (χ0n) is 17.4. The molecule has 1 aromatic carbocycles. The highest BCUT2D eigenvalue weighted by Gasteiger charge is 2.37. The minimum Gasteiger partial charge on any atom is -0.417 e. The Balaban J connectivity index is 3.06. The number of benzene rings is 1. The third-order valence-corrected chi connectivity index (χ3v) is 10.2. The van der Waals surface area contributed by atoms with Gasteiger partial charge in [0.05, 0.1) is 0 Å². The first-order valence-electron chi connectivity index (χ1n) is 8.96. The van der Waals surface area contributed by atoms with Crippen LogP contribution in [0.3, 0.4) is 0 Å². The van der Waals surface area contributed by atoms with Gasteiger partial charge in [0, 0.05) is 12.2 Å². The van der Waals surface area contributed by atoms with Crippen LogP contribution in [0.4, 0.5) is 0 Å². The van der Waals surface area contributed by atoms with Crippen molar-refractivity contribution in [3.8, 4) is 0 Å². The van der Waals surface area contributed by atoms with Gasteiger partial charge in [-0.2, -0.15) is 0 Å². The Morgan fingerprint density at radius 3 is 2.00 bits per heavy atom. The van der Waals surface area contributed by atoms with Crippen LogP contribution in [0.2, 0.25) is 18.1 Å². The van der Waals surface area contributed by atoms with Crippen molar-refractivity contribution in [1.29, 1.82) is 0 Å². The van der Waals surface area contributed by atoms with Gasteiger partial charge in [-0.1, -0.05) is 46.8 Å². The van der Waals surface area contributed by atoms with Gasteiger partial charge in [0.1, 0.15) is 0 Å². The first kappa shape index (κ1) is 21.1. The van der Waals surface area contributed by atoms with Crippen LogP contribution < -0.4 is 0 Å². The van der Waals surface area contributed by atoms with Crippen molar-refractivity contribution in [1.82, 2.24) is 0 Å². The monoisotopic (exact) mass is 348 g/mol. The smallest absolute Gasteiger partial charge is 0.191 e. The molecule has 0 N–H and O–H groups in total. The summed E-state index contributed by atoms with van der Waals surface area (Å²) in [5.74, 6) is 0.157. The second-order valence-corrected chi connectivity index (χ2v) is 14.1. The van der Waals surface area contributed by atoms with E-state index in [1.807, 2.05) is 6.92 Å². The van der Waals surface area contributed by atoms with Crippen LogP contribution in [-0.4, -0.2) is 20.7 Å². The molecular weight excluding hydrogens is 312 g/mol. The van der Waals surface area contributed by atoms with Crippen LogP contribution in [0, 0.1) is 13.8 Å². The minimum atomic E-state index is -1.73. The molecule has 0 radical (unpaired) electrons. The summed E-state index contributed by atoms with van der Waals surface area (Å²) in [4.78, 5) is 12.2. The molecule has 0 aliphatic heterocycles. The normalized spacial score (nSPS) is 13.2. The molecule has 3 heteroatoms. The number of rotatable bonds is 6. The van der Waals surface area contributed by atoms with Crippen molar-refractivity contribution in [2.45, 2.75) is 85.4 Å². The fraction of sp³-hybridized carbons (Fsp3) is 0.667. The first-order chi connectivity index (χ1) is 10.7. The van der Waals surface area contributed by atoms with Gasteiger partial charge in [0.25, 0.3) is 0 Å². The molecule has 1 rings (SSSR count). The molecular formula is C21H36O2Si. The lowest BCUT2D eigenvalue weighted by Crippen LogP contribution is -2.41. The van der Waals surface area contributed by atoms with E-state index < -0.39 is 8.32 Å². The van der Waals surface area contributed by atoms with E-state index in [1.165, 1.54) is 11.1 Å². The number of carbonyl (C=O) groups is 1. The third-order valence-electron chi connectivity index (χ3n) is 5.65. The summed E-state index contributed by atoms with van der Waals surface area (Å²) < 4.78 is 6.38. The zero-order valence-corrected chi connectivity index (χ0v) is 18.4. The summed E-state index contributed by atoms with van der Waals surface area (Å²) in [6, 6.07) is 4.19. The maximum absolute atomic E-state index is 12.2. The van der Waals surface area contributed by atoms with Crippen molar-refractivity contribution < 1.29 is 9.22 Å². The van der Waals surface area contributed by atoms with E-state index in [9.17, 15) is 4.79 Å². The molecule has 2 nitrogen and oxygen atoms in total. The van der Waals surface area contributed by atoms with Gasteiger partial charge < -0.3 is 4.43 Å². The third kappa shape index (κ3) is 4.57. The average molecular weight is 349 g/mol.